The summed E-state index contributed by atoms with van der Waals surface area (Å²) in [6.45, 7) is 5.56. The van der Waals surface area contributed by atoms with Crippen molar-refractivity contribution >= 4 is 17.5 Å². The molecule has 22 heavy (non-hydrogen) atoms. The highest BCUT2D eigenvalue weighted by Crippen LogP contribution is 2.27. The third-order valence-corrected chi connectivity index (χ3v) is 3.60. The summed E-state index contributed by atoms with van der Waals surface area (Å²) in [5.74, 6) is -0.311. The molecule has 2 aromatic rings. The van der Waals surface area contributed by atoms with E-state index in [1.807, 2.05) is 13.8 Å². The number of nitrogens with one attached hydrogen (secondary N) is 1. The molecule has 1 unspecified atom stereocenters. The van der Waals surface area contributed by atoms with Crippen LogP contribution in [0.1, 0.15) is 46.6 Å². The van der Waals surface area contributed by atoms with Gasteiger partial charge in [-0.05, 0) is 44.5 Å². The highest BCUT2D eigenvalue weighted by Gasteiger charge is 2.25. The van der Waals surface area contributed by atoms with Gasteiger partial charge in [0.1, 0.15) is 5.76 Å². The van der Waals surface area contributed by atoms with E-state index < -0.39 is 5.91 Å². The summed E-state index contributed by atoms with van der Waals surface area (Å²) < 4.78 is 5.14. The minimum atomic E-state index is -0.500. The van der Waals surface area contributed by atoms with Crippen LogP contribution < -0.4 is 11.1 Å². The van der Waals surface area contributed by atoms with Crippen molar-refractivity contribution in [2.45, 2.75) is 33.1 Å². The van der Waals surface area contributed by atoms with Crippen LogP contribution in [-0.2, 0) is 4.79 Å². The van der Waals surface area contributed by atoms with E-state index in [0.717, 1.165) is 11.3 Å². The lowest BCUT2D eigenvalue weighted by Crippen LogP contribution is -2.21. The number of nitrogens with zero attached hydrogens (tertiary/aromatic N) is 1. The predicted octanol–water partition coefficient (Wildman–Crippen LogP) is 2.52. The topological polar surface area (TPSA) is 98.2 Å². The van der Waals surface area contributed by atoms with E-state index in [0.29, 0.717) is 23.4 Å². The van der Waals surface area contributed by atoms with Crippen LogP contribution in [0.5, 0.6) is 0 Å². The fourth-order valence-corrected chi connectivity index (χ4v) is 2.46. The first kappa shape index (κ1) is 15.8. The number of hydrogen-bond donors (Lipinski definition) is 2. The van der Waals surface area contributed by atoms with Gasteiger partial charge in [-0.25, -0.2) is 0 Å². The molecule has 6 nitrogen and oxygen atoms in total. The highest BCUT2D eigenvalue weighted by atomic mass is 16.5. The fourth-order valence-electron chi connectivity index (χ4n) is 2.46. The average molecular weight is 301 g/mol. The molecule has 0 aliphatic carbocycles. The Morgan fingerprint density at radius 3 is 2.36 bits per heavy atom. The molecule has 1 heterocycles. The number of aromatic nitrogens is 1. The molecular weight excluding hydrogens is 282 g/mol. The molecule has 2 amide bonds. The molecular formula is C16H19N3O3. The van der Waals surface area contributed by atoms with Crippen molar-refractivity contribution in [2.75, 3.05) is 5.32 Å². The van der Waals surface area contributed by atoms with Crippen LogP contribution in [-0.4, -0.2) is 17.0 Å². The first-order valence-electron chi connectivity index (χ1n) is 7.07. The predicted molar refractivity (Wildman–Crippen MR) is 82.6 cm³/mol. The maximum absolute atomic E-state index is 12.5. The summed E-state index contributed by atoms with van der Waals surface area (Å²) in [4.78, 5) is 23.5. The normalized spacial score (nSPS) is 12.0. The van der Waals surface area contributed by atoms with Gasteiger partial charge in [-0.2, -0.15) is 0 Å². The van der Waals surface area contributed by atoms with Crippen LogP contribution >= 0.6 is 0 Å². The van der Waals surface area contributed by atoms with Crippen molar-refractivity contribution in [3.8, 4) is 0 Å². The largest absolute Gasteiger partial charge is 0.366 e. The van der Waals surface area contributed by atoms with E-state index in [1.165, 1.54) is 0 Å². The van der Waals surface area contributed by atoms with Crippen LogP contribution in [0.15, 0.2) is 28.8 Å². The lowest BCUT2D eigenvalue weighted by molar-refractivity contribution is -0.117. The summed E-state index contributed by atoms with van der Waals surface area (Å²) in [6, 6.07) is 6.46. The van der Waals surface area contributed by atoms with Crippen LogP contribution in [0.4, 0.5) is 5.69 Å². The van der Waals surface area contributed by atoms with Crippen molar-refractivity contribution in [1.82, 2.24) is 5.16 Å². The quantitative estimate of drug-likeness (QED) is 0.886. The molecule has 0 saturated heterocycles. The highest BCUT2D eigenvalue weighted by molar-refractivity contribution is 5.97. The van der Waals surface area contributed by atoms with Crippen molar-refractivity contribution in [1.29, 1.82) is 0 Å². The molecule has 1 atom stereocenters. The molecule has 0 radical (unpaired) electrons. The summed E-state index contributed by atoms with van der Waals surface area (Å²) >= 11 is 0. The Kier molecular flexibility index (Phi) is 4.60. The van der Waals surface area contributed by atoms with Crippen LogP contribution in [0, 0.1) is 13.8 Å². The van der Waals surface area contributed by atoms with Crippen LogP contribution in [0.25, 0.3) is 0 Å². The molecule has 1 aromatic carbocycles. The number of nitrogens with two attached hydrogens (primary N) is 1. The number of aryl methyl sites for hydroxylation is 2. The van der Waals surface area contributed by atoms with Gasteiger partial charge in [0.05, 0.1) is 11.6 Å². The summed E-state index contributed by atoms with van der Waals surface area (Å²) in [7, 11) is 0. The van der Waals surface area contributed by atoms with Crippen molar-refractivity contribution in [3.63, 3.8) is 0 Å². The molecule has 0 bridgehead atoms. The first-order valence-corrected chi connectivity index (χ1v) is 7.07. The van der Waals surface area contributed by atoms with Gasteiger partial charge in [-0.1, -0.05) is 12.1 Å². The van der Waals surface area contributed by atoms with Gasteiger partial charge in [-0.15, -0.1) is 0 Å². The number of carbonyl (C=O) groups excluding carboxylic acids is 2. The summed E-state index contributed by atoms with van der Waals surface area (Å²) in [5, 5.41) is 6.74. The molecule has 2 rings (SSSR count). The molecule has 0 saturated carbocycles. The zero-order valence-corrected chi connectivity index (χ0v) is 12.8. The standard InChI is InChI=1S/C16H19N3O3/c1-4-13(14-9(2)19-22-10(14)3)16(21)18-12-7-5-11(6-8-12)15(17)20/h5-8,13H,4H2,1-3H3,(H2,17,20)(H,18,21). The fraction of sp³-hybridized carbons (Fsp3) is 0.312. The first-order chi connectivity index (χ1) is 10.4. The third-order valence-electron chi connectivity index (χ3n) is 3.60. The second-order valence-electron chi connectivity index (χ2n) is 5.13. The minimum Gasteiger partial charge on any atom is -0.366 e. The van der Waals surface area contributed by atoms with E-state index in [1.54, 1.807) is 31.2 Å². The Balaban J connectivity index is 2.18. The molecule has 1 aromatic heterocycles. The van der Waals surface area contributed by atoms with Gasteiger partial charge < -0.3 is 15.6 Å². The number of carbonyl (C=O) groups is 2. The molecule has 0 aliphatic heterocycles. The maximum Gasteiger partial charge on any atom is 0.248 e. The summed E-state index contributed by atoms with van der Waals surface area (Å²) in [5.41, 5.74) is 7.75. The zero-order chi connectivity index (χ0) is 16.3. The van der Waals surface area contributed by atoms with Gasteiger partial charge in [-0.3, -0.25) is 9.59 Å². The number of rotatable bonds is 5. The number of benzene rings is 1. The second-order valence-corrected chi connectivity index (χ2v) is 5.13. The van der Waals surface area contributed by atoms with Crippen molar-refractivity contribution < 1.29 is 14.1 Å². The van der Waals surface area contributed by atoms with Crippen LogP contribution in [0.3, 0.4) is 0 Å². The Morgan fingerprint density at radius 1 is 1.27 bits per heavy atom. The Hall–Kier alpha value is -2.63. The van der Waals surface area contributed by atoms with Gasteiger partial charge in [0.15, 0.2) is 0 Å². The second kappa shape index (κ2) is 6.43. The van der Waals surface area contributed by atoms with Gasteiger partial charge >= 0.3 is 0 Å². The van der Waals surface area contributed by atoms with Gasteiger partial charge in [0.25, 0.3) is 0 Å². The van der Waals surface area contributed by atoms with E-state index >= 15 is 0 Å². The molecule has 6 heteroatoms. The van der Waals surface area contributed by atoms with E-state index in [-0.39, 0.29) is 11.8 Å². The van der Waals surface area contributed by atoms with E-state index in [4.69, 9.17) is 10.3 Å². The van der Waals surface area contributed by atoms with E-state index in [2.05, 4.69) is 10.5 Å². The molecule has 0 fully saturated rings. The monoisotopic (exact) mass is 301 g/mol. The van der Waals surface area contributed by atoms with E-state index in [9.17, 15) is 9.59 Å². The Bertz CT molecular complexity index is 670. The molecule has 0 spiro atoms. The number of hydrogen-bond acceptors (Lipinski definition) is 4. The number of primary amides is 1. The van der Waals surface area contributed by atoms with Crippen LogP contribution in [0.2, 0.25) is 0 Å². The number of anilines is 1. The molecule has 3 N–H and O–H groups in total. The molecule has 116 valence electrons. The summed E-state index contributed by atoms with van der Waals surface area (Å²) in [6.07, 6.45) is 0.633. The molecule has 0 aliphatic rings. The maximum atomic E-state index is 12.5. The third kappa shape index (κ3) is 3.16. The van der Waals surface area contributed by atoms with Crippen molar-refractivity contribution in [2.24, 2.45) is 5.73 Å². The average Bonchev–Trinajstić information content (AvgIpc) is 2.81. The lowest BCUT2D eigenvalue weighted by atomic mass is 9.94. The van der Waals surface area contributed by atoms with Crippen molar-refractivity contribution in [3.05, 3.63) is 46.8 Å². The Morgan fingerprint density at radius 2 is 1.91 bits per heavy atom. The Labute approximate surface area is 128 Å². The van der Waals surface area contributed by atoms with Gasteiger partial charge in [0.2, 0.25) is 11.8 Å². The zero-order valence-electron chi connectivity index (χ0n) is 12.8. The minimum absolute atomic E-state index is 0.135. The van der Waals surface area contributed by atoms with Gasteiger partial charge in [0, 0.05) is 16.8 Å². The smallest absolute Gasteiger partial charge is 0.248 e. The lowest BCUT2D eigenvalue weighted by Gasteiger charge is -2.15. The number of amides is 2. The SMILES string of the molecule is CCC(C(=O)Nc1ccc(C(N)=O)cc1)c1c(C)noc1C.